The lowest BCUT2D eigenvalue weighted by Gasteiger charge is -2.41. The second kappa shape index (κ2) is 6.77. The van der Waals surface area contributed by atoms with Crippen molar-refractivity contribution in [3.8, 4) is 11.1 Å². The molecule has 4 rings (SSSR count). The molecule has 0 radical (unpaired) electrons. The van der Waals surface area contributed by atoms with Crippen molar-refractivity contribution >= 4 is 5.69 Å². The highest BCUT2D eigenvalue weighted by Crippen LogP contribution is 2.31. The van der Waals surface area contributed by atoms with Crippen LogP contribution in [0.15, 0.2) is 36.7 Å². The summed E-state index contributed by atoms with van der Waals surface area (Å²) in [7, 11) is 2.18. The SMILES string of the molecule is CCC1(NCc2cncc(-c3ccc4c(c3)CCCN4C)c2)COC1. The summed E-state index contributed by atoms with van der Waals surface area (Å²) in [5.74, 6) is 0. The van der Waals surface area contributed by atoms with E-state index in [1.54, 1.807) is 0 Å². The maximum absolute atomic E-state index is 5.39. The Hall–Kier alpha value is -1.91. The molecular weight excluding hydrogens is 310 g/mol. The molecule has 1 fully saturated rings. The first-order chi connectivity index (χ1) is 12.2. The quantitative estimate of drug-likeness (QED) is 0.907. The normalized spacial score (nSPS) is 18.6. The van der Waals surface area contributed by atoms with Crippen LogP contribution in [-0.2, 0) is 17.7 Å². The van der Waals surface area contributed by atoms with Gasteiger partial charge in [0, 0.05) is 43.8 Å². The van der Waals surface area contributed by atoms with Gasteiger partial charge in [-0.25, -0.2) is 0 Å². The number of benzene rings is 1. The van der Waals surface area contributed by atoms with Gasteiger partial charge in [-0.15, -0.1) is 0 Å². The van der Waals surface area contributed by atoms with Gasteiger partial charge in [-0.3, -0.25) is 4.98 Å². The molecule has 1 N–H and O–H groups in total. The summed E-state index contributed by atoms with van der Waals surface area (Å²) in [6.45, 7) is 5.84. The van der Waals surface area contributed by atoms with Crippen molar-refractivity contribution in [1.82, 2.24) is 10.3 Å². The molecule has 4 nitrogen and oxygen atoms in total. The van der Waals surface area contributed by atoms with Crippen LogP contribution in [-0.4, -0.2) is 37.3 Å². The number of nitrogens with zero attached hydrogens (tertiary/aromatic N) is 2. The fourth-order valence-corrected chi connectivity index (χ4v) is 3.78. The van der Waals surface area contributed by atoms with Crippen molar-refractivity contribution in [3.63, 3.8) is 0 Å². The van der Waals surface area contributed by atoms with E-state index < -0.39 is 0 Å². The zero-order chi connectivity index (χ0) is 17.3. The third kappa shape index (κ3) is 3.29. The van der Waals surface area contributed by atoms with Gasteiger partial charge in [-0.2, -0.15) is 0 Å². The number of rotatable bonds is 5. The minimum atomic E-state index is 0.159. The molecule has 2 aliphatic heterocycles. The Labute approximate surface area is 150 Å². The Morgan fingerprint density at radius 3 is 2.84 bits per heavy atom. The lowest BCUT2D eigenvalue weighted by atomic mass is 9.93. The number of aryl methyl sites for hydroxylation is 1. The molecule has 0 saturated carbocycles. The zero-order valence-electron chi connectivity index (χ0n) is 15.2. The average molecular weight is 337 g/mol. The van der Waals surface area contributed by atoms with Gasteiger partial charge in [0.05, 0.1) is 18.8 Å². The summed E-state index contributed by atoms with van der Waals surface area (Å²) in [5, 5.41) is 3.66. The fraction of sp³-hybridized carbons (Fsp3) is 0.476. The Bertz CT molecular complexity index is 749. The smallest absolute Gasteiger partial charge is 0.0671 e. The van der Waals surface area contributed by atoms with Crippen LogP contribution >= 0.6 is 0 Å². The van der Waals surface area contributed by atoms with Crippen LogP contribution < -0.4 is 10.2 Å². The number of ether oxygens (including phenoxy) is 1. The standard InChI is InChI=1S/C21H27N3O/c1-3-21(14-25-15-21)23-12-16-9-19(13-22-11-16)17-6-7-20-18(10-17)5-4-8-24(20)2/h6-7,9-11,13,23H,3-5,8,12,14-15H2,1-2H3. The van der Waals surface area contributed by atoms with Crippen LogP contribution in [0, 0.1) is 0 Å². The molecule has 0 bridgehead atoms. The van der Waals surface area contributed by atoms with Crippen molar-refractivity contribution in [1.29, 1.82) is 0 Å². The van der Waals surface area contributed by atoms with Gasteiger partial charge < -0.3 is 15.0 Å². The van der Waals surface area contributed by atoms with Gasteiger partial charge in [-0.1, -0.05) is 13.0 Å². The van der Waals surface area contributed by atoms with Gasteiger partial charge >= 0.3 is 0 Å². The van der Waals surface area contributed by atoms with E-state index in [0.29, 0.717) is 0 Å². The average Bonchev–Trinajstić information content (AvgIpc) is 2.61. The molecule has 0 unspecified atom stereocenters. The lowest BCUT2D eigenvalue weighted by molar-refractivity contribution is -0.0769. The van der Waals surface area contributed by atoms with E-state index in [1.807, 2.05) is 12.4 Å². The molecular formula is C21H27N3O. The van der Waals surface area contributed by atoms with E-state index in [9.17, 15) is 0 Å². The molecule has 0 spiro atoms. The molecule has 25 heavy (non-hydrogen) atoms. The van der Waals surface area contributed by atoms with Crippen LogP contribution in [0.1, 0.15) is 30.9 Å². The highest BCUT2D eigenvalue weighted by molar-refractivity contribution is 5.69. The van der Waals surface area contributed by atoms with E-state index in [4.69, 9.17) is 4.74 Å². The molecule has 1 aromatic heterocycles. The van der Waals surface area contributed by atoms with Gasteiger partial charge in [0.2, 0.25) is 0 Å². The number of fused-ring (bicyclic) bond motifs is 1. The van der Waals surface area contributed by atoms with Crippen LogP contribution in [0.4, 0.5) is 5.69 Å². The number of aromatic nitrogens is 1. The van der Waals surface area contributed by atoms with Crippen molar-refractivity contribution < 1.29 is 4.74 Å². The molecule has 0 atom stereocenters. The first-order valence-electron chi connectivity index (χ1n) is 9.30. The van der Waals surface area contributed by atoms with E-state index in [1.165, 1.54) is 40.8 Å². The Kier molecular flexibility index (Phi) is 4.48. The van der Waals surface area contributed by atoms with Crippen LogP contribution in [0.5, 0.6) is 0 Å². The predicted molar refractivity (Wildman–Crippen MR) is 102 cm³/mol. The van der Waals surface area contributed by atoms with Crippen LogP contribution in [0.3, 0.4) is 0 Å². The second-order valence-corrected chi connectivity index (χ2v) is 7.43. The third-order valence-corrected chi connectivity index (χ3v) is 5.66. The Morgan fingerprint density at radius 1 is 1.20 bits per heavy atom. The summed E-state index contributed by atoms with van der Waals surface area (Å²) in [6, 6.07) is 9.08. The first kappa shape index (κ1) is 16.6. The molecule has 1 aromatic carbocycles. The van der Waals surface area contributed by atoms with Gasteiger partial charge in [-0.05, 0) is 54.2 Å². The maximum atomic E-state index is 5.39. The summed E-state index contributed by atoms with van der Waals surface area (Å²) in [6.07, 6.45) is 7.43. The molecule has 1 saturated heterocycles. The monoisotopic (exact) mass is 337 g/mol. The van der Waals surface area contributed by atoms with Crippen molar-refractivity contribution in [2.24, 2.45) is 0 Å². The highest BCUT2D eigenvalue weighted by Gasteiger charge is 2.35. The summed E-state index contributed by atoms with van der Waals surface area (Å²) >= 11 is 0. The number of hydrogen-bond acceptors (Lipinski definition) is 4. The number of anilines is 1. The van der Waals surface area contributed by atoms with Gasteiger partial charge in [0.1, 0.15) is 0 Å². The summed E-state index contributed by atoms with van der Waals surface area (Å²) in [5.41, 5.74) is 6.67. The molecule has 2 aliphatic rings. The predicted octanol–water partition coefficient (Wildman–Crippen LogP) is 3.40. The first-order valence-corrected chi connectivity index (χ1v) is 9.30. The van der Waals surface area contributed by atoms with Crippen molar-refractivity contribution in [2.45, 2.75) is 38.3 Å². The van der Waals surface area contributed by atoms with Crippen molar-refractivity contribution in [2.75, 3.05) is 31.7 Å². The highest BCUT2D eigenvalue weighted by atomic mass is 16.5. The van der Waals surface area contributed by atoms with E-state index >= 15 is 0 Å². The number of nitrogens with one attached hydrogen (secondary N) is 1. The van der Waals surface area contributed by atoms with Crippen LogP contribution in [0.2, 0.25) is 0 Å². The summed E-state index contributed by atoms with van der Waals surface area (Å²) in [4.78, 5) is 6.83. The number of hydrogen-bond donors (Lipinski definition) is 1. The molecule has 2 aromatic rings. The van der Waals surface area contributed by atoms with E-state index in [-0.39, 0.29) is 5.54 Å². The molecule has 3 heterocycles. The molecule has 132 valence electrons. The largest absolute Gasteiger partial charge is 0.377 e. The Morgan fingerprint density at radius 2 is 2.08 bits per heavy atom. The third-order valence-electron chi connectivity index (χ3n) is 5.66. The number of pyridine rings is 1. The van der Waals surface area contributed by atoms with E-state index in [0.717, 1.165) is 32.7 Å². The second-order valence-electron chi connectivity index (χ2n) is 7.43. The summed E-state index contributed by atoms with van der Waals surface area (Å²) < 4.78 is 5.39. The zero-order valence-corrected chi connectivity index (χ0v) is 15.2. The minimum Gasteiger partial charge on any atom is -0.377 e. The Balaban J connectivity index is 1.53. The minimum absolute atomic E-state index is 0.159. The van der Waals surface area contributed by atoms with Gasteiger partial charge in [0.15, 0.2) is 0 Å². The lowest BCUT2D eigenvalue weighted by Crippen LogP contribution is -2.59. The maximum Gasteiger partial charge on any atom is 0.0671 e. The molecule has 4 heteroatoms. The molecule has 0 aliphatic carbocycles. The topological polar surface area (TPSA) is 37.4 Å². The van der Waals surface area contributed by atoms with E-state index in [2.05, 4.69) is 53.4 Å². The fourth-order valence-electron chi connectivity index (χ4n) is 3.78. The molecule has 0 amide bonds. The van der Waals surface area contributed by atoms with Gasteiger partial charge in [0.25, 0.3) is 0 Å². The van der Waals surface area contributed by atoms with Crippen LogP contribution in [0.25, 0.3) is 11.1 Å². The van der Waals surface area contributed by atoms with Crippen molar-refractivity contribution in [3.05, 3.63) is 47.8 Å².